The molecular weight excluding hydrogens is 523 g/mol. The van der Waals surface area contributed by atoms with E-state index in [2.05, 4.69) is 44.5 Å². The van der Waals surface area contributed by atoms with Crippen LogP contribution in [0.3, 0.4) is 0 Å². The Morgan fingerprint density at radius 2 is 2.00 bits per heavy atom. The molecule has 4 N–H and O–H groups in total. The molecule has 2 aromatic rings. The first kappa shape index (κ1) is 23.2. The van der Waals surface area contributed by atoms with Gasteiger partial charge in [0.15, 0.2) is 12.6 Å². The van der Waals surface area contributed by atoms with Gasteiger partial charge in [0, 0.05) is 18.1 Å². The molecule has 6 nitrogen and oxygen atoms in total. The minimum Gasteiger partial charge on any atom is -0.484 e. The summed E-state index contributed by atoms with van der Waals surface area (Å²) in [6, 6.07) is 15.6. The Labute approximate surface area is 185 Å². The summed E-state index contributed by atoms with van der Waals surface area (Å²) in [5.41, 5.74) is 7.25. The highest BCUT2D eigenvalue weighted by Gasteiger charge is 2.10. The average molecular weight is 547 g/mol. The van der Waals surface area contributed by atoms with Gasteiger partial charge in [-0.1, -0.05) is 46.3 Å². The van der Waals surface area contributed by atoms with Gasteiger partial charge >= 0.3 is 0 Å². The zero-order chi connectivity index (χ0) is 18.9. The molecule has 27 heavy (non-hydrogen) atoms. The van der Waals surface area contributed by atoms with E-state index in [1.54, 1.807) is 13.1 Å². The zero-order valence-electron chi connectivity index (χ0n) is 15.2. The van der Waals surface area contributed by atoms with Crippen molar-refractivity contribution >= 4 is 51.8 Å². The second-order valence-electron chi connectivity index (χ2n) is 5.72. The second-order valence-corrected chi connectivity index (χ2v) is 6.57. The molecule has 1 amide bonds. The quantitative estimate of drug-likeness (QED) is 0.282. The lowest BCUT2D eigenvalue weighted by Crippen LogP contribution is -2.38. The lowest BCUT2D eigenvalue weighted by molar-refractivity contribution is -0.119. The summed E-state index contributed by atoms with van der Waals surface area (Å²) in [4.78, 5) is 15.1. The third-order valence-electron chi connectivity index (χ3n) is 3.69. The first-order chi connectivity index (χ1) is 12.5. The third kappa shape index (κ3) is 7.76. The zero-order valence-corrected chi connectivity index (χ0v) is 19.2. The van der Waals surface area contributed by atoms with Crippen molar-refractivity contribution in [1.29, 1.82) is 0 Å². The van der Waals surface area contributed by atoms with E-state index in [9.17, 15) is 4.79 Å². The van der Waals surface area contributed by atoms with Gasteiger partial charge in [-0.05, 0) is 36.2 Å². The van der Waals surface area contributed by atoms with Crippen molar-refractivity contribution in [3.63, 3.8) is 0 Å². The Morgan fingerprint density at radius 1 is 1.26 bits per heavy atom. The number of nitrogens with two attached hydrogens (primary N) is 1. The number of nitrogens with one attached hydrogen (secondary N) is 2. The summed E-state index contributed by atoms with van der Waals surface area (Å²) in [5, 5.41) is 6.64. The molecule has 0 aliphatic rings. The number of nitrogens with zero attached hydrogens (tertiary/aromatic N) is 1. The predicted molar refractivity (Wildman–Crippen MR) is 122 cm³/mol. The van der Waals surface area contributed by atoms with Crippen molar-refractivity contribution in [1.82, 2.24) is 10.6 Å². The van der Waals surface area contributed by atoms with E-state index >= 15 is 0 Å². The molecule has 0 aliphatic carbocycles. The van der Waals surface area contributed by atoms with Crippen LogP contribution in [0.5, 0.6) is 5.75 Å². The van der Waals surface area contributed by atoms with Gasteiger partial charge in [-0.15, -0.1) is 24.0 Å². The molecule has 2 rings (SSSR count). The SMILES string of the molecule is CN=C(NCc1cccc(OCC(N)=O)c1)NC(C)c1ccccc1Br.I. The molecule has 0 heterocycles. The Bertz CT molecular complexity index is 786. The molecule has 0 saturated carbocycles. The molecular formula is C19H24BrIN4O2. The Morgan fingerprint density at radius 3 is 2.67 bits per heavy atom. The normalized spacial score (nSPS) is 11.9. The molecule has 0 aliphatic heterocycles. The number of amides is 1. The number of benzene rings is 2. The minimum absolute atomic E-state index is 0. The molecule has 8 heteroatoms. The Balaban J connectivity index is 0.00000364. The number of aliphatic imine (C=N–C) groups is 1. The summed E-state index contributed by atoms with van der Waals surface area (Å²) in [6.07, 6.45) is 0. The van der Waals surface area contributed by atoms with Gasteiger partial charge in [0.1, 0.15) is 5.75 Å². The van der Waals surface area contributed by atoms with E-state index in [4.69, 9.17) is 10.5 Å². The topological polar surface area (TPSA) is 88.7 Å². The number of ether oxygens (including phenoxy) is 1. The van der Waals surface area contributed by atoms with Crippen molar-refractivity contribution in [3.05, 3.63) is 64.1 Å². The summed E-state index contributed by atoms with van der Waals surface area (Å²) in [5.74, 6) is 0.795. The Hall–Kier alpha value is -1.81. The van der Waals surface area contributed by atoms with Crippen LogP contribution in [0.15, 0.2) is 58.0 Å². The Kier molecular flexibility index (Phi) is 10.2. The van der Waals surface area contributed by atoms with Gasteiger partial charge in [0.25, 0.3) is 5.91 Å². The number of hydrogen-bond donors (Lipinski definition) is 3. The standard InChI is InChI=1S/C19H23BrN4O2.HI/c1-13(16-8-3-4-9-17(16)20)24-19(22-2)23-11-14-6-5-7-15(10-14)26-12-18(21)25;/h3-10,13H,11-12H2,1-2H3,(H2,21,25)(H2,22,23,24);1H. The molecule has 146 valence electrons. The van der Waals surface area contributed by atoms with E-state index in [0.29, 0.717) is 18.3 Å². The van der Waals surface area contributed by atoms with Crippen LogP contribution in [0.1, 0.15) is 24.1 Å². The van der Waals surface area contributed by atoms with Crippen LogP contribution in [-0.4, -0.2) is 25.5 Å². The highest BCUT2D eigenvalue weighted by Crippen LogP contribution is 2.22. The molecule has 0 aromatic heterocycles. The largest absolute Gasteiger partial charge is 0.484 e. The maximum absolute atomic E-state index is 10.8. The van der Waals surface area contributed by atoms with E-state index in [0.717, 1.165) is 15.6 Å². The van der Waals surface area contributed by atoms with Crippen LogP contribution in [0.4, 0.5) is 0 Å². The number of carbonyl (C=O) groups excluding carboxylic acids is 1. The monoisotopic (exact) mass is 546 g/mol. The summed E-state index contributed by atoms with van der Waals surface area (Å²) in [7, 11) is 1.73. The van der Waals surface area contributed by atoms with Gasteiger partial charge in [0.2, 0.25) is 0 Å². The first-order valence-corrected chi connectivity index (χ1v) is 9.00. The molecule has 0 radical (unpaired) electrons. The highest BCUT2D eigenvalue weighted by molar-refractivity contribution is 14.0. The fourth-order valence-corrected chi connectivity index (χ4v) is 3.02. The molecule has 0 bridgehead atoms. The van der Waals surface area contributed by atoms with Gasteiger partial charge in [0.05, 0.1) is 6.04 Å². The van der Waals surface area contributed by atoms with Crippen molar-refractivity contribution in [2.45, 2.75) is 19.5 Å². The van der Waals surface area contributed by atoms with Crippen LogP contribution in [0.25, 0.3) is 0 Å². The van der Waals surface area contributed by atoms with Gasteiger partial charge < -0.3 is 21.1 Å². The maximum Gasteiger partial charge on any atom is 0.255 e. The minimum atomic E-state index is -0.501. The number of carbonyl (C=O) groups is 1. The first-order valence-electron chi connectivity index (χ1n) is 8.21. The smallest absolute Gasteiger partial charge is 0.255 e. The lowest BCUT2D eigenvalue weighted by atomic mass is 10.1. The number of guanidine groups is 1. The van der Waals surface area contributed by atoms with Crippen LogP contribution in [0.2, 0.25) is 0 Å². The van der Waals surface area contributed by atoms with Crippen LogP contribution in [-0.2, 0) is 11.3 Å². The predicted octanol–water partition coefficient (Wildman–Crippen LogP) is 3.36. The lowest BCUT2D eigenvalue weighted by Gasteiger charge is -2.19. The van der Waals surface area contributed by atoms with Crippen LogP contribution in [0, 0.1) is 0 Å². The second kappa shape index (κ2) is 11.8. The number of hydrogen-bond acceptors (Lipinski definition) is 3. The van der Waals surface area contributed by atoms with Crippen LogP contribution < -0.4 is 21.1 Å². The van der Waals surface area contributed by atoms with Crippen molar-refractivity contribution in [2.24, 2.45) is 10.7 Å². The van der Waals surface area contributed by atoms with E-state index in [1.165, 1.54) is 0 Å². The van der Waals surface area contributed by atoms with E-state index < -0.39 is 5.91 Å². The van der Waals surface area contributed by atoms with Crippen LogP contribution >= 0.6 is 39.9 Å². The molecule has 1 unspecified atom stereocenters. The van der Waals surface area contributed by atoms with E-state index in [-0.39, 0.29) is 36.6 Å². The average Bonchev–Trinajstić information content (AvgIpc) is 2.64. The summed E-state index contributed by atoms with van der Waals surface area (Å²) >= 11 is 3.57. The van der Waals surface area contributed by atoms with Crippen molar-refractivity contribution < 1.29 is 9.53 Å². The summed E-state index contributed by atoms with van der Waals surface area (Å²) in [6.45, 7) is 2.50. The molecule has 2 aromatic carbocycles. The third-order valence-corrected chi connectivity index (χ3v) is 4.41. The van der Waals surface area contributed by atoms with Crippen molar-refractivity contribution in [2.75, 3.05) is 13.7 Å². The molecule has 0 fully saturated rings. The number of primary amides is 1. The van der Waals surface area contributed by atoms with Gasteiger partial charge in [-0.2, -0.15) is 0 Å². The summed E-state index contributed by atoms with van der Waals surface area (Å²) < 4.78 is 6.37. The van der Waals surface area contributed by atoms with Crippen molar-refractivity contribution in [3.8, 4) is 5.75 Å². The molecule has 1 atom stereocenters. The van der Waals surface area contributed by atoms with Gasteiger partial charge in [-0.3, -0.25) is 9.79 Å². The highest BCUT2D eigenvalue weighted by atomic mass is 127. The number of rotatable bonds is 7. The van der Waals surface area contributed by atoms with E-state index in [1.807, 2.05) is 36.4 Å². The number of halogens is 2. The molecule has 0 spiro atoms. The maximum atomic E-state index is 10.8. The van der Waals surface area contributed by atoms with Gasteiger partial charge in [-0.25, -0.2) is 0 Å². The molecule has 0 saturated heterocycles. The fourth-order valence-electron chi connectivity index (χ4n) is 2.39. The fraction of sp³-hybridized carbons (Fsp3) is 0.263.